The third-order valence-corrected chi connectivity index (χ3v) is 2.63. The number of rotatable bonds is 6. The molecule has 0 aliphatic heterocycles. The van der Waals surface area contributed by atoms with Crippen LogP contribution in [0.2, 0.25) is 0 Å². The highest BCUT2D eigenvalue weighted by Gasteiger charge is 2.16. The largest absolute Gasteiger partial charge is 0.478 e. The molecule has 7 nitrogen and oxygen atoms in total. The van der Waals surface area contributed by atoms with Crippen molar-refractivity contribution in [2.75, 3.05) is 5.32 Å². The first-order valence-electron chi connectivity index (χ1n) is 6.03. The number of anilines is 1. The first-order chi connectivity index (χ1) is 9.35. The zero-order chi connectivity index (χ0) is 15.3. The minimum absolute atomic E-state index is 0.0962. The molecule has 0 saturated heterocycles. The standard InChI is InChI=1S/C13H16N2O5/c1-2-3-10(14)11(16)15-9-5-7(12(17)18)4-8(6-9)13(19)20/h4-6,10H,2-3,14H2,1H3,(H,15,16)(H,17,18)(H,19,20)/t10-/m1/s1. The van der Waals surface area contributed by atoms with E-state index < -0.39 is 23.9 Å². The van der Waals surface area contributed by atoms with Crippen molar-refractivity contribution in [1.29, 1.82) is 0 Å². The maximum atomic E-state index is 11.7. The number of hydrogen-bond donors (Lipinski definition) is 4. The number of hydrogen-bond acceptors (Lipinski definition) is 4. The second kappa shape index (κ2) is 6.67. The molecule has 1 aromatic rings. The van der Waals surface area contributed by atoms with E-state index in [1.807, 2.05) is 6.92 Å². The van der Waals surface area contributed by atoms with Gasteiger partial charge in [0.05, 0.1) is 17.2 Å². The summed E-state index contributed by atoms with van der Waals surface area (Å²) in [5, 5.41) is 20.3. The van der Waals surface area contributed by atoms with E-state index in [1.54, 1.807) is 0 Å². The van der Waals surface area contributed by atoms with Gasteiger partial charge in [0.15, 0.2) is 0 Å². The van der Waals surface area contributed by atoms with Crippen LogP contribution >= 0.6 is 0 Å². The quantitative estimate of drug-likeness (QED) is 0.618. The summed E-state index contributed by atoms with van der Waals surface area (Å²) in [4.78, 5) is 33.6. The Bertz CT molecular complexity index is 509. The smallest absolute Gasteiger partial charge is 0.335 e. The molecule has 0 spiro atoms. The molecule has 108 valence electrons. The van der Waals surface area contributed by atoms with Gasteiger partial charge in [-0.2, -0.15) is 0 Å². The number of benzene rings is 1. The van der Waals surface area contributed by atoms with Gasteiger partial charge in [-0.05, 0) is 24.6 Å². The molecule has 0 aliphatic rings. The Hall–Kier alpha value is -2.41. The van der Waals surface area contributed by atoms with Crippen LogP contribution < -0.4 is 11.1 Å². The van der Waals surface area contributed by atoms with Crippen LogP contribution in [0.25, 0.3) is 0 Å². The highest BCUT2D eigenvalue weighted by molar-refractivity contribution is 5.99. The Morgan fingerprint density at radius 2 is 1.65 bits per heavy atom. The minimum atomic E-state index is -1.28. The summed E-state index contributed by atoms with van der Waals surface area (Å²) in [6.07, 6.45) is 1.21. The summed E-state index contributed by atoms with van der Waals surface area (Å²) in [5.74, 6) is -3.03. The van der Waals surface area contributed by atoms with Crippen LogP contribution in [0, 0.1) is 0 Å². The van der Waals surface area contributed by atoms with Crippen molar-refractivity contribution < 1.29 is 24.6 Å². The molecule has 1 rings (SSSR count). The molecule has 0 saturated carbocycles. The molecule has 0 fully saturated rings. The zero-order valence-corrected chi connectivity index (χ0v) is 10.9. The molecule has 5 N–H and O–H groups in total. The van der Waals surface area contributed by atoms with Gasteiger partial charge in [0.1, 0.15) is 0 Å². The molecular weight excluding hydrogens is 264 g/mol. The van der Waals surface area contributed by atoms with Gasteiger partial charge in [0, 0.05) is 5.69 Å². The highest BCUT2D eigenvalue weighted by Crippen LogP contribution is 2.16. The number of carbonyl (C=O) groups excluding carboxylic acids is 1. The molecule has 0 unspecified atom stereocenters. The van der Waals surface area contributed by atoms with E-state index in [4.69, 9.17) is 15.9 Å². The molecular formula is C13H16N2O5. The number of nitrogens with two attached hydrogens (primary N) is 1. The van der Waals surface area contributed by atoms with Crippen LogP contribution in [0.15, 0.2) is 18.2 Å². The molecule has 0 radical (unpaired) electrons. The van der Waals surface area contributed by atoms with Crippen LogP contribution in [-0.2, 0) is 4.79 Å². The van der Waals surface area contributed by atoms with Crippen molar-refractivity contribution in [3.8, 4) is 0 Å². The van der Waals surface area contributed by atoms with E-state index in [0.29, 0.717) is 6.42 Å². The molecule has 0 heterocycles. The second-order valence-corrected chi connectivity index (χ2v) is 4.29. The van der Waals surface area contributed by atoms with E-state index in [0.717, 1.165) is 12.5 Å². The van der Waals surface area contributed by atoms with Gasteiger partial charge in [0.2, 0.25) is 5.91 Å². The average Bonchev–Trinajstić information content (AvgIpc) is 2.38. The number of carbonyl (C=O) groups is 3. The van der Waals surface area contributed by atoms with E-state index in [9.17, 15) is 14.4 Å². The lowest BCUT2D eigenvalue weighted by Gasteiger charge is -2.12. The number of aromatic carboxylic acids is 2. The molecule has 1 amide bonds. The lowest BCUT2D eigenvalue weighted by Crippen LogP contribution is -2.35. The Morgan fingerprint density at radius 3 is 2.05 bits per heavy atom. The van der Waals surface area contributed by atoms with E-state index in [2.05, 4.69) is 5.32 Å². The van der Waals surface area contributed by atoms with Crippen LogP contribution in [-0.4, -0.2) is 34.1 Å². The first kappa shape index (κ1) is 15.6. The van der Waals surface area contributed by atoms with Crippen LogP contribution in [0.1, 0.15) is 40.5 Å². The molecule has 0 aromatic heterocycles. The van der Waals surface area contributed by atoms with Crippen molar-refractivity contribution in [3.63, 3.8) is 0 Å². The topological polar surface area (TPSA) is 130 Å². The number of carboxylic acids is 2. The van der Waals surface area contributed by atoms with Gasteiger partial charge in [-0.15, -0.1) is 0 Å². The van der Waals surface area contributed by atoms with Gasteiger partial charge in [0.25, 0.3) is 0 Å². The lowest BCUT2D eigenvalue weighted by atomic mass is 10.1. The van der Waals surface area contributed by atoms with Gasteiger partial charge < -0.3 is 21.3 Å². The summed E-state index contributed by atoms with van der Waals surface area (Å²) in [7, 11) is 0. The molecule has 0 bridgehead atoms. The average molecular weight is 280 g/mol. The minimum Gasteiger partial charge on any atom is -0.478 e. The van der Waals surface area contributed by atoms with Gasteiger partial charge in [-0.1, -0.05) is 13.3 Å². The third kappa shape index (κ3) is 4.06. The Kier molecular flexibility index (Phi) is 5.22. The van der Waals surface area contributed by atoms with Crippen LogP contribution in [0.3, 0.4) is 0 Å². The molecule has 0 aliphatic carbocycles. The summed E-state index contributed by atoms with van der Waals surface area (Å²) < 4.78 is 0. The molecule has 7 heteroatoms. The summed E-state index contributed by atoms with van der Waals surface area (Å²) in [5.41, 5.74) is 5.29. The zero-order valence-electron chi connectivity index (χ0n) is 10.9. The third-order valence-electron chi connectivity index (χ3n) is 2.63. The van der Waals surface area contributed by atoms with Gasteiger partial charge in [-0.25, -0.2) is 9.59 Å². The van der Waals surface area contributed by atoms with Crippen molar-refractivity contribution in [2.45, 2.75) is 25.8 Å². The summed E-state index contributed by atoms with van der Waals surface area (Å²) in [6.45, 7) is 1.88. The Morgan fingerprint density at radius 1 is 1.15 bits per heavy atom. The lowest BCUT2D eigenvalue weighted by molar-refractivity contribution is -0.117. The van der Waals surface area contributed by atoms with Gasteiger partial charge >= 0.3 is 11.9 Å². The Balaban J connectivity index is 3.02. The van der Waals surface area contributed by atoms with Gasteiger partial charge in [-0.3, -0.25) is 4.79 Å². The van der Waals surface area contributed by atoms with Crippen molar-refractivity contribution in [2.24, 2.45) is 5.73 Å². The van der Waals surface area contributed by atoms with E-state index in [1.165, 1.54) is 12.1 Å². The maximum absolute atomic E-state index is 11.7. The van der Waals surface area contributed by atoms with Crippen molar-refractivity contribution in [3.05, 3.63) is 29.3 Å². The van der Waals surface area contributed by atoms with Crippen LogP contribution in [0.5, 0.6) is 0 Å². The monoisotopic (exact) mass is 280 g/mol. The summed E-state index contributed by atoms with van der Waals surface area (Å²) in [6, 6.07) is 2.67. The fourth-order valence-electron chi connectivity index (χ4n) is 1.62. The number of nitrogens with one attached hydrogen (secondary N) is 1. The molecule has 20 heavy (non-hydrogen) atoms. The number of carboxylic acid groups (broad SMARTS) is 2. The van der Waals surface area contributed by atoms with Crippen molar-refractivity contribution in [1.82, 2.24) is 0 Å². The van der Waals surface area contributed by atoms with E-state index >= 15 is 0 Å². The summed E-state index contributed by atoms with van der Waals surface area (Å²) >= 11 is 0. The molecule has 1 atom stereocenters. The second-order valence-electron chi connectivity index (χ2n) is 4.29. The number of amides is 1. The highest BCUT2D eigenvalue weighted by atomic mass is 16.4. The predicted molar refractivity (Wildman–Crippen MR) is 71.9 cm³/mol. The first-order valence-corrected chi connectivity index (χ1v) is 6.03. The van der Waals surface area contributed by atoms with Crippen molar-refractivity contribution >= 4 is 23.5 Å². The Labute approximate surface area is 115 Å². The fraction of sp³-hybridized carbons (Fsp3) is 0.308. The van der Waals surface area contributed by atoms with E-state index in [-0.39, 0.29) is 16.8 Å². The maximum Gasteiger partial charge on any atom is 0.335 e. The predicted octanol–water partition coefficient (Wildman–Crippen LogP) is 1.15. The van der Waals surface area contributed by atoms with Crippen LogP contribution in [0.4, 0.5) is 5.69 Å². The normalized spacial score (nSPS) is 11.7. The fourth-order valence-corrected chi connectivity index (χ4v) is 1.62. The molecule has 1 aromatic carbocycles. The SMILES string of the molecule is CCC[C@@H](N)C(=O)Nc1cc(C(=O)O)cc(C(=O)O)c1.